The topological polar surface area (TPSA) is 41.6 Å². The number of nitrogens with zero attached hydrogens (tertiary/aromatic N) is 1. The van der Waals surface area contributed by atoms with E-state index in [1.54, 1.807) is 14.1 Å². The number of hydrogen-bond donors (Lipinski definition) is 1. The number of alkyl halides is 3. The number of likely N-dealkylation sites (N-methyl/N-ethyl adjacent to an activating group) is 1. The number of carbonyl (C=O) groups excluding carboxylic acids is 1. The van der Waals surface area contributed by atoms with Gasteiger partial charge >= 0.3 is 6.36 Å². The predicted octanol–water partition coefficient (Wildman–Crippen LogP) is 2.32. The van der Waals surface area contributed by atoms with Crippen molar-refractivity contribution < 1.29 is 22.7 Å². The SMILES string of the molecule is CC(NCC(=O)N(C)C)c1ccc(OC(F)(F)F)cc1. The molecule has 1 N–H and O–H groups in total. The highest BCUT2D eigenvalue weighted by molar-refractivity contribution is 5.77. The van der Waals surface area contributed by atoms with E-state index >= 15 is 0 Å². The Balaban J connectivity index is 2.57. The zero-order chi connectivity index (χ0) is 15.3. The molecule has 0 saturated carbocycles. The molecule has 0 bridgehead atoms. The molecule has 1 rings (SSSR count). The summed E-state index contributed by atoms with van der Waals surface area (Å²) in [6.07, 6.45) is -4.69. The molecule has 0 heterocycles. The van der Waals surface area contributed by atoms with Gasteiger partial charge in [-0.1, -0.05) is 12.1 Å². The van der Waals surface area contributed by atoms with Crippen LogP contribution < -0.4 is 10.1 Å². The monoisotopic (exact) mass is 290 g/mol. The highest BCUT2D eigenvalue weighted by Crippen LogP contribution is 2.24. The van der Waals surface area contributed by atoms with Gasteiger partial charge in [-0.2, -0.15) is 0 Å². The van der Waals surface area contributed by atoms with Gasteiger partial charge in [0.2, 0.25) is 5.91 Å². The van der Waals surface area contributed by atoms with E-state index in [9.17, 15) is 18.0 Å². The van der Waals surface area contributed by atoms with Crippen molar-refractivity contribution in [2.45, 2.75) is 19.3 Å². The van der Waals surface area contributed by atoms with Crippen molar-refractivity contribution in [3.63, 3.8) is 0 Å². The third-order valence-corrected chi connectivity index (χ3v) is 2.67. The molecule has 7 heteroatoms. The van der Waals surface area contributed by atoms with E-state index in [4.69, 9.17) is 0 Å². The van der Waals surface area contributed by atoms with Crippen LogP contribution in [0.2, 0.25) is 0 Å². The third kappa shape index (κ3) is 5.48. The summed E-state index contributed by atoms with van der Waals surface area (Å²) in [5, 5.41) is 2.99. The Kier molecular flexibility index (Phi) is 5.38. The third-order valence-electron chi connectivity index (χ3n) is 2.67. The lowest BCUT2D eigenvalue weighted by Gasteiger charge is -2.17. The maximum absolute atomic E-state index is 12.0. The smallest absolute Gasteiger partial charge is 0.406 e. The molecule has 1 aromatic carbocycles. The van der Waals surface area contributed by atoms with Crippen LogP contribution in [-0.4, -0.2) is 37.8 Å². The maximum atomic E-state index is 12.0. The van der Waals surface area contributed by atoms with Gasteiger partial charge < -0.3 is 15.0 Å². The van der Waals surface area contributed by atoms with Gasteiger partial charge in [0.25, 0.3) is 0 Å². The average Bonchev–Trinajstić information content (AvgIpc) is 2.34. The largest absolute Gasteiger partial charge is 0.573 e. The number of hydrogen-bond acceptors (Lipinski definition) is 3. The summed E-state index contributed by atoms with van der Waals surface area (Å²) in [5.41, 5.74) is 0.770. The fraction of sp³-hybridized carbons (Fsp3) is 0.462. The van der Waals surface area contributed by atoms with E-state index in [-0.39, 0.29) is 24.2 Å². The summed E-state index contributed by atoms with van der Waals surface area (Å²) in [4.78, 5) is 12.9. The normalized spacial score (nSPS) is 12.9. The van der Waals surface area contributed by atoms with Gasteiger partial charge in [0.05, 0.1) is 6.54 Å². The van der Waals surface area contributed by atoms with Gasteiger partial charge in [-0.05, 0) is 24.6 Å². The van der Waals surface area contributed by atoms with E-state index in [2.05, 4.69) is 10.1 Å². The van der Waals surface area contributed by atoms with Crippen LogP contribution in [0.1, 0.15) is 18.5 Å². The Labute approximate surface area is 115 Å². The zero-order valence-corrected chi connectivity index (χ0v) is 11.5. The van der Waals surface area contributed by atoms with Crippen LogP contribution in [0.5, 0.6) is 5.75 Å². The van der Waals surface area contributed by atoms with Gasteiger partial charge in [-0.15, -0.1) is 13.2 Å². The number of ether oxygens (including phenoxy) is 1. The minimum Gasteiger partial charge on any atom is -0.406 e. The minimum atomic E-state index is -4.69. The van der Waals surface area contributed by atoms with Crippen molar-refractivity contribution in [1.29, 1.82) is 0 Å². The first-order chi connectivity index (χ1) is 9.19. The van der Waals surface area contributed by atoms with Crippen LogP contribution in [0, 0.1) is 0 Å². The molecular weight excluding hydrogens is 273 g/mol. The van der Waals surface area contributed by atoms with Gasteiger partial charge in [0.15, 0.2) is 0 Å². The van der Waals surface area contributed by atoms with Gasteiger partial charge in [0, 0.05) is 20.1 Å². The molecule has 1 amide bonds. The van der Waals surface area contributed by atoms with Gasteiger partial charge in [-0.25, -0.2) is 0 Å². The minimum absolute atomic E-state index is 0.0751. The first kappa shape index (κ1) is 16.3. The van der Waals surface area contributed by atoms with Crippen molar-refractivity contribution in [3.8, 4) is 5.75 Å². The Bertz CT molecular complexity index is 444. The second kappa shape index (κ2) is 6.60. The van der Waals surface area contributed by atoms with Crippen LogP contribution in [-0.2, 0) is 4.79 Å². The van der Waals surface area contributed by atoms with E-state index < -0.39 is 6.36 Å². The number of carbonyl (C=O) groups is 1. The van der Waals surface area contributed by atoms with Crippen molar-refractivity contribution >= 4 is 5.91 Å². The zero-order valence-electron chi connectivity index (χ0n) is 11.5. The quantitative estimate of drug-likeness (QED) is 0.905. The molecule has 0 aliphatic carbocycles. The molecule has 0 aliphatic heterocycles. The fourth-order valence-electron chi connectivity index (χ4n) is 1.47. The lowest BCUT2D eigenvalue weighted by Crippen LogP contribution is -2.34. The molecule has 0 aliphatic rings. The van der Waals surface area contributed by atoms with Crippen molar-refractivity contribution in [2.75, 3.05) is 20.6 Å². The van der Waals surface area contributed by atoms with Crippen LogP contribution in [0.25, 0.3) is 0 Å². The molecule has 1 aromatic rings. The van der Waals surface area contributed by atoms with Crippen LogP contribution in [0.4, 0.5) is 13.2 Å². The first-order valence-corrected chi connectivity index (χ1v) is 5.98. The van der Waals surface area contributed by atoms with Crippen molar-refractivity contribution in [3.05, 3.63) is 29.8 Å². The summed E-state index contributed by atoms with van der Waals surface area (Å²) >= 11 is 0. The van der Waals surface area contributed by atoms with Crippen LogP contribution in [0.15, 0.2) is 24.3 Å². The average molecular weight is 290 g/mol. The summed E-state index contributed by atoms with van der Waals surface area (Å²) in [7, 11) is 3.30. The number of rotatable bonds is 5. The number of amides is 1. The lowest BCUT2D eigenvalue weighted by atomic mass is 10.1. The Hall–Kier alpha value is -1.76. The summed E-state index contributed by atoms with van der Waals surface area (Å²) in [6, 6.07) is 5.39. The van der Waals surface area contributed by atoms with E-state index in [1.165, 1.54) is 29.2 Å². The van der Waals surface area contributed by atoms with Crippen molar-refractivity contribution in [2.24, 2.45) is 0 Å². The molecule has 20 heavy (non-hydrogen) atoms. The van der Waals surface area contributed by atoms with Gasteiger partial charge in [-0.3, -0.25) is 4.79 Å². The lowest BCUT2D eigenvalue weighted by molar-refractivity contribution is -0.274. The highest BCUT2D eigenvalue weighted by atomic mass is 19.4. The number of halogens is 3. The van der Waals surface area contributed by atoms with Crippen molar-refractivity contribution in [1.82, 2.24) is 10.2 Å². The molecule has 1 atom stereocenters. The molecule has 1 unspecified atom stereocenters. The molecule has 0 saturated heterocycles. The Morgan fingerprint density at radius 3 is 2.30 bits per heavy atom. The van der Waals surface area contributed by atoms with Crippen LogP contribution >= 0.6 is 0 Å². The summed E-state index contributed by atoms with van der Waals surface area (Å²) in [6.45, 7) is 1.98. The molecule has 0 radical (unpaired) electrons. The summed E-state index contributed by atoms with van der Waals surface area (Å²) < 4.78 is 39.8. The molecule has 0 aromatic heterocycles. The number of nitrogens with one attached hydrogen (secondary N) is 1. The maximum Gasteiger partial charge on any atom is 0.573 e. The molecule has 4 nitrogen and oxygen atoms in total. The molecule has 112 valence electrons. The summed E-state index contributed by atoms with van der Waals surface area (Å²) in [5.74, 6) is -0.341. The Morgan fingerprint density at radius 1 is 1.30 bits per heavy atom. The second-order valence-electron chi connectivity index (χ2n) is 4.51. The van der Waals surface area contributed by atoms with E-state index in [0.29, 0.717) is 0 Å². The number of benzene rings is 1. The Morgan fingerprint density at radius 2 is 1.85 bits per heavy atom. The van der Waals surface area contributed by atoms with E-state index in [1.807, 2.05) is 6.92 Å². The molecular formula is C13H17F3N2O2. The standard InChI is InChI=1S/C13H17F3N2O2/c1-9(17-8-12(19)18(2)3)10-4-6-11(7-5-10)20-13(14,15)16/h4-7,9,17H,8H2,1-3H3. The first-order valence-electron chi connectivity index (χ1n) is 5.98. The molecule has 0 spiro atoms. The molecule has 0 fully saturated rings. The van der Waals surface area contributed by atoms with Gasteiger partial charge in [0.1, 0.15) is 5.75 Å². The predicted molar refractivity (Wildman–Crippen MR) is 68.2 cm³/mol. The van der Waals surface area contributed by atoms with Crippen LogP contribution in [0.3, 0.4) is 0 Å². The fourth-order valence-corrected chi connectivity index (χ4v) is 1.47. The van der Waals surface area contributed by atoms with E-state index in [0.717, 1.165) is 5.56 Å². The second-order valence-corrected chi connectivity index (χ2v) is 4.51. The highest BCUT2D eigenvalue weighted by Gasteiger charge is 2.31.